The Morgan fingerprint density at radius 1 is 1.19 bits per heavy atom. The minimum atomic E-state index is -4.06. The molecule has 0 spiro atoms. The molecule has 1 atom stereocenters. The number of amides is 1. The van der Waals surface area contributed by atoms with Gasteiger partial charge in [0.25, 0.3) is 15.9 Å². The van der Waals surface area contributed by atoms with Gasteiger partial charge in [0.2, 0.25) is 0 Å². The standard InChI is InChI=1S/C32H42N8O5S3/c1-23(7-5-12-33-2)21-39-14-16-40(17-15-39)32-36-25(22-47-32)20-35-24-8-4-9-26(19-24)48(44,45)38-27-11-18-46-29(27)30(41)37-28(31(42)43)10-6-13-34-3/h4-5,7-9,11-12,18-19,22,28,34-35,38H,2,6,10,13-17,20-21H2,1,3H3,(H,37,41)(H,42,43)/b12-5-,23-7+/t28-/m0/s1. The third-order valence-electron chi connectivity index (χ3n) is 7.48. The summed E-state index contributed by atoms with van der Waals surface area (Å²) in [5.41, 5.74) is 2.79. The average molecular weight is 715 g/mol. The van der Waals surface area contributed by atoms with Gasteiger partial charge in [-0.25, -0.2) is 18.2 Å². The van der Waals surface area contributed by atoms with E-state index in [-0.39, 0.29) is 21.9 Å². The topological polar surface area (TPSA) is 168 Å². The number of allylic oxidation sites excluding steroid dienone is 2. The highest BCUT2D eigenvalue weighted by molar-refractivity contribution is 7.92. The molecule has 0 radical (unpaired) electrons. The number of nitrogens with one attached hydrogen (secondary N) is 4. The summed E-state index contributed by atoms with van der Waals surface area (Å²) in [6.07, 6.45) is 6.41. The summed E-state index contributed by atoms with van der Waals surface area (Å²) in [5.74, 6) is -1.81. The van der Waals surface area contributed by atoms with Crippen molar-refractivity contribution in [1.82, 2.24) is 20.5 Å². The van der Waals surface area contributed by atoms with Crippen LogP contribution in [0.5, 0.6) is 0 Å². The van der Waals surface area contributed by atoms with Gasteiger partial charge in [-0.2, -0.15) is 0 Å². The number of aromatic nitrogens is 1. The molecule has 13 nitrogen and oxygen atoms in total. The number of hydrogen-bond acceptors (Lipinski definition) is 12. The fourth-order valence-corrected chi connectivity index (χ4v) is 7.81. The first-order valence-corrected chi connectivity index (χ1v) is 18.7. The Kier molecular flexibility index (Phi) is 13.7. The summed E-state index contributed by atoms with van der Waals surface area (Å²) < 4.78 is 29.1. The van der Waals surface area contributed by atoms with Crippen LogP contribution < -0.4 is 25.6 Å². The summed E-state index contributed by atoms with van der Waals surface area (Å²) in [6.45, 7) is 11.1. The van der Waals surface area contributed by atoms with Crippen molar-refractivity contribution < 1.29 is 23.1 Å². The summed E-state index contributed by atoms with van der Waals surface area (Å²) in [4.78, 5) is 37.9. The maximum absolute atomic E-state index is 13.3. The third-order valence-corrected chi connectivity index (χ3v) is 10.7. The first-order valence-electron chi connectivity index (χ1n) is 15.4. The maximum atomic E-state index is 13.3. The Morgan fingerprint density at radius 2 is 1.98 bits per heavy atom. The number of thiazole rings is 1. The lowest BCUT2D eigenvalue weighted by Crippen LogP contribution is -2.46. The SMILES string of the molecule is C=N/C=C\C=C(/C)CN1CCN(c2nc(CNc3cccc(S(=O)(=O)Nc4ccsc4C(=O)N[C@@H](CCCNC)C(=O)O)c3)cs2)CC1. The number of hydrogen-bond donors (Lipinski definition) is 5. The maximum Gasteiger partial charge on any atom is 0.326 e. The van der Waals surface area contributed by atoms with Crippen LogP contribution in [0, 0.1) is 0 Å². The number of nitrogens with zero attached hydrogens (tertiary/aromatic N) is 4. The molecule has 3 aromatic rings. The van der Waals surface area contributed by atoms with Gasteiger partial charge in [-0.15, -0.1) is 22.7 Å². The highest BCUT2D eigenvalue weighted by Gasteiger charge is 2.25. The number of carboxylic acids is 1. The second-order valence-electron chi connectivity index (χ2n) is 11.2. The Labute approximate surface area is 289 Å². The van der Waals surface area contributed by atoms with Crippen LogP contribution in [-0.2, 0) is 21.4 Å². The van der Waals surface area contributed by atoms with E-state index in [4.69, 9.17) is 4.98 Å². The minimum absolute atomic E-state index is 0.0100. The first-order chi connectivity index (χ1) is 23.1. The number of aliphatic carboxylic acids is 1. The number of benzene rings is 1. The number of thiophene rings is 1. The van der Waals surface area contributed by atoms with E-state index in [1.165, 1.54) is 23.8 Å². The van der Waals surface area contributed by atoms with Gasteiger partial charge < -0.3 is 26.0 Å². The molecule has 1 aliphatic heterocycles. The summed E-state index contributed by atoms with van der Waals surface area (Å²) in [6, 6.07) is 6.78. The van der Waals surface area contributed by atoms with E-state index in [0.717, 1.165) is 54.9 Å². The number of carbonyl (C=O) groups excluding carboxylic acids is 1. The molecule has 1 aliphatic rings. The lowest BCUT2D eigenvalue weighted by Gasteiger charge is -2.34. The Balaban J connectivity index is 1.31. The molecule has 2 aromatic heterocycles. The molecule has 5 N–H and O–H groups in total. The van der Waals surface area contributed by atoms with Crippen molar-refractivity contribution >= 4 is 67.8 Å². The smallest absolute Gasteiger partial charge is 0.326 e. The monoisotopic (exact) mass is 714 g/mol. The minimum Gasteiger partial charge on any atom is -0.480 e. The van der Waals surface area contributed by atoms with Gasteiger partial charge in [-0.05, 0) is 75.8 Å². The van der Waals surface area contributed by atoms with Gasteiger partial charge in [0.1, 0.15) is 10.9 Å². The van der Waals surface area contributed by atoms with E-state index in [1.807, 2.05) is 11.5 Å². The zero-order valence-electron chi connectivity index (χ0n) is 27.0. The van der Waals surface area contributed by atoms with Gasteiger partial charge in [-0.1, -0.05) is 17.7 Å². The number of rotatable bonds is 18. The molecular formula is C32H42N8O5S3. The van der Waals surface area contributed by atoms with Crippen LogP contribution >= 0.6 is 22.7 Å². The number of sulfonamides is 1. The molecule has 1 aromatic carbocycles. The Hall–Kier alpha value is -4.09. The van der Waals surface area contributed by atoms with Crippen molar-refractivity contribution in [2.75, 3.05) is 61.3 Å². The molecule has 1 saturated heterocycles. The molecule has 3 heterocycles. The van der Waals surface area contributed by atoms with Crippen LogP contribution in [0.4, 0.5) is 16.5 Å². The zero-order valence-corrected chi connectivity index (χ0v) is 29.5. The van der Waals surface area contributed by atoms with Crippen molar-refractivity contribution in [3.8, 4) is 0 Å². The normalized spacial score (nSPS) is 15.0. The molecule has 0 unspecified atom stereocenters. The average Bonchev–Trinajstić information content (AvgIpc) is 3.74. The fourth-order valence-electron chi connectivity index (χ4n) is 4.99. The molecule has 0 aliphatic carbocycles. The van der Waals surface area contributed by atoms with Gasteiger partial charge in [0.15, 0.2) is 5.13 Å². The Morgan fingerprint density at radius 3 is 2.71 bits per heavy atom. The number of carbonyl (C=O) groups is 2. The first kappa shape index (κ1) is 36.7. The van der Waals surface area contributed by atoms with Crippen LogP contribution in [0.3, 0.4) is 0 Å². The van der Waals surface area contributed by atoms with Gasteiger partial charge in [-0.3, -0.25) is 19.4 Å². The largest absolute Gasteiger partial charge is 0.480 e. The summed E-state index contributed by atoms with van der Waals surface area (Å²) in [7, 11) is -2.30. The van der Waals surface area contributed by atoms with E-state index in [9.17, 15) is 23.1 Å². The predicted molar refractivity (Wildman–Crippen MR) is 194 cm³/mol. The highest BCUT2D eigenvalue weighted by atomic mass is 32.2. The van der Waals surface area contributed by atoms with E-state index in [2.05, 4.69) is 55.2 Å². The van der Waals surface area contributed by atoms with Crippen LogP contribution in [0.15, 0.2) is 74.9 Å². The molecule has 258 valence electrons. The zero-order chi connectivity index (χ0) is 34.5. The number of carboxylic acid groups (broad SMARTS) is 1. The third kappa shape index (κ3) is 10.7. The molecule has 0 bridgehead atoms. The van der Waals surface area contributed by atoms with Crippen LogP contribution in [0.25, 0.3) is 0 Å². The second kappa shape index (κ2) is 17.9. The van der Waals surface area contributed by atoms with Crippen molar-refractivity contribution in [2.24, 2.45) is 4.99 Å². The molecular weight excluding hydrogens is 673 g/mol. The molecule has 4 rings (SSSR count). The lowest BCUT2D eigenvalue weighted by molar-refractivity contribution is -0.139. The lowest BCUT2D eigenvalue weighted by atomic mass is 10.1. The van der Waals surface area contributed by atoms with Gasteiger partial charge in [0.05, 0.1) is 22.8 Å². The van der Waals surface area contributed by atoms with Crippen molar-refractivity contribution in [1.29, 1.82) is 0 Å². The van der Waals surface area contributed by atoms with E-state index >= 15 is 0 Å². The number of aliphatic imine (C=N–C) groups is 1. The number of anilines is 3. The van der Waals surface area contributed by atoms with Gasteiger partial charge >= 0.3 is 5.97 Å². The molecule has 16 heteroatoms. The Bertz CT molecular complexity index is 1710. The summed E-state index contributed by atoms with van der Waals surface area (Å²) in [5, 5.41) is 22.8. The quantitative estimate of drug-likeness (QED) is 0.0736. The van der Waals surface area contributed by atoms with E-state index < -0.39 is 27.9 Å². The molecule has 1 fully saturated rings. The predicted octanol–water partition coefficient (Wildman–Crippen LogP) is 4.08. The van der Waals surface area contributed by atoms with Crippen molar-refractivity contribution in [2.45, 2.75) is 37.2 Å². The van der Waals surface area contributed by atoms with Crippen molar-refractivity contribution in [3.63, 3.8) is 0 Å². The summed E-state index contributed by atoms with van der Waals surface area (Å²) >= 11 is 2.61. The molecule has 1 amide bonds. The molecule has 0 saturated carbocycles. The van der Waals surface area contributed by atoms with Crippen molar-refractivity contribution in [3.05, 3.63) is 75.6 Å². The number of piperazine rings is 1. The highest BCUT2D eigenvalue weighted by Crippen LogP contribution is 2.27. The van der Waals surface area contributed by atoms with Crippen LogP contribution in [0.2, 0.25) is 0 Å². The second-order valence-corrected chi connectivity index (χ2v) is 14.6. The van der Waals surface area contributed by atoms with E-state index in [0.29, 0.717) is 25.2 Å². The van der Waals surface area contributed by atoms with Gasteiger partial charge in [0, 0.05) is 50.0 Å². The van der Waals surface area contributed by atoms with E-state index in [1.54, 1.807) is 42.1 Å². The van der Waals surface area contributed by atoms with Crippen LogP contribution in [-0.4, -0.2) is 94.4 Å². The fraction of sp³-hybridized carbons (Fsp3) is 0.375. The molecule has 48 heavy (non-hydrogen) atoms. The van der Waals surface area contributed by atoms with Crippen LogP contribution in [0.1, 0.15) is 35.1 Å².